The van der Waals surface area contributed by atoms with E-state index in [1.165, 1.54) is 32.6 Å². The third-order valence-electron chi connectivity index (χ3n) is 16.2. The largest absolute Gasteiger partial charge is 0.457 e. The smallest absolute Gasteiger partial charge is 0.303 e. The Morgan fingerprint density at radius 3 is 2.33 bits per heavy atom. The quantitative estimate of drug-likeness (QED) is 0.302. The number of rotatable bonds is 6. The summed E-state index contributed by atoms with van der Waals surface area (Å²) in [6.07, 6.45) is 6.81. The lowest BCUT2D eigenvalue weighted by Gasteiger charge is -2.64. The van der Waals surface area contributed by atoms with Crippen molar-refractivity contribution in [3.63, 3.8) is 0 Å². The third kappa shape index (κ3) is 5.36. The number of nitrogens with zero attached hydrogens (tertiary/aromatic N) is 1. The van der Waals surface area contributed by atoms with E-state index < -0.39 is 29.9 Å². The molecular formula is C41H69NO7. The number of ether oxygens (including phenoxy) is 4. The first-order valence-electron chi connectivity index (χ1n) is 19.8. The topological polar surface area (TPSA) is 97.7 Å². The summed E-state index contributed by atoms with van der Waals surface area (Å²) < 4.78 is 25.8. The summed E-state index contributed by atoms with van der Waals surface area (Å²) in [5.74, 6) is 1.14. The number of aliphatic hydroxyl groups excluding tert-OH is 1. The molecule has 0 bridgehead atoms. The van der Waals surface area contributed by atoms with Gasteiger partial charge in [0.2, 0.25) is 0 Å². The highest BCUT2D eigenvalue weighted by Crippen LogP contribution is 2.89. The minimum Gasteiger partial charge on any atom is -0.457 e. The van der Waals surface area contributed by atoms with Crippen molar-refractivity contribution in [2.75, 3.05) is 26.2 Å². The van der Waals surface area contributed by atoms with Crippen LogP contribution < -0.4 is 0 Å². The van der Waals surface area contributed by atoms with Gasteiger partial charge in [0.25, 0.3) is 0 Å². The fraction of sp³-hybridized carbons (Fsp3) is 0.976. The van der Waals surface area contributed by atoms with Crippen molar-refractivity contribution in [2.45, 2.75) is 170 Å². The number of aliphatic hydroxyl groups is 2. The van der Waals surface area contributed by atoms with Crippen LogP contribution in [0.4, 0.5) is 0 Å². The summed E-state index contributed by atoms with van der Waals surface area (Å²) >= 11 is 0. The van der Waals surface area contributed by atoms with Crippen molar-refractivity contribution >= 4 is 5.97 Å². The summed E-state index contributed by atoms with van der Waals surface area (Å²) in [6.45, 7) is 27.5. The van der Waals surface area contributed by atoms with Gasteiger partial charge in [-0.25, -0.2) is 0 Å². The van der Waals surface area contributed by atoms with E-state index in [0.717, 1.165) is 45.5 Å². The molecule has 2 N–H and O–H groups in total. The van der Waals surface area contributed by atoms with Crippen LogP contribution in [0.25, 0.3) is 0 Å². The van der Waals surface area contributed by atoms with Gasteiger partial charge in [-0.1, -0.05) is 55.4 Å². The van der Waals surface area contributed by atoms with E-state index in [1.54, 1.807) is 13.8 Å². The Hall–Kier alpha value is -0.770. The molecule has 0 radical (unpaired) electrons. The number of hydrogen-bond acceptors (Lipinski definition) is 8. The summed E-state index contributed by atoms with van der Waals surface area (Å²) in [5.41, 5.74) is -0.676. The van der Waals surface area contributed by atoms with Gasteiger partial charge in [0.05, 0.1) is 36.6 Å². The van der Waals surface area contributed by atoms with Crippen molar-refractivity contribution in [1.82, 2.24) is 4.90 Å². The Morgan fingerprint density at radius 1 is 1.00 bits per heavy atom. The van der Waals surface area contributed by atoms with Crippen molar-refractivity contribution in [3.05, 3.63) is 0 Å². The van der Waals surface area contributed by atoms with Gasteiger partial charge in [0, 0.05) is 32.0 Å². The minimum atomic E-state index is -1.25. The van der Waals surface area contributed by atoms with Crippen LogP contribution in [0.1, 0.15) is 128 Å². The lowest BCUT2D eigenvalue weighted by molar-refractivity contribution is -0.249. The number of esters is 1. The van der Waals surface area contributed by atoms with Crippen LogP contribution >= 0.6 is 0 Å². The number of carbonyl (C=O) groups excluding carboxylic acids is 1. The SMILES string of the molecule is CC(=O)OC(C1CC(C)C2C(O1)C(O)C1(C)C3CCC4C(C)(C)C(OC5CN(CC(C)(C)C)CCO5)CCC45CC35CCC21C)C(C)(C)O. The first-order chi connectivity index (χ1) is 22.6. The zero-order valence-corrected chi connectivity index (χ0v) is 32.6. The van der Waals surface area contributed by atoms with Crippen molar-refractivity contribution in [1.29, 1.82) is 0 Å². The Morgan fingerprint density at radius 2 is 1.67 bits per heavy atom. The molecule has 7 rings (SSSR count). The van der Waals surface area contributed by atoms with Crippen LogP contribution in [-0.4, -0.2) is 89.7 Å². The fourth-order valence-corrected chi connectivity index (χ4v) is 14.4. The molecule has 14 unspecified atom stereocenters. The van der Waals surface area contributed by atoms with Crippen LogP contribution in [0.2, 0.25) is 0 Å². The van der Waals surface area contributed by atoms with Crippen LogP contribution in [-0.2, 0) is 23.7 Å². The zero-order chi connectivity index (χ0) is 35.7. The van der Waals surface area contributed by atoms with Crippen LogP contribution in [0, 0.1) is 56.2 Å². The van der Waals surface area contributed by atoms with E-state index in [0.29, 0.717) is 23.7 Å². The van der Waals surface area contributed by atoms with E-state index in [-0.39, 0.29) is 57.4 Å². The predicted octanol–water partition coefficient (Wildman–Crippen LogP) is 6.59. The molecule has 7 aliphatic rings. The minimum absolute atomic E-state index is 0.0489. The predicted molar refractivity (Wildman–Crippen MR) is 188 cm³/mol. The van der Waals surface area contributed by atoms with Gasteiger partial charge in [-0.15, -0.1) is 0 Å². The first-order valence-corrected chi connectivity index (χ1v) is 19.8. The van der Waals surface area contributed by atoms with Crippen LogP contribution in [0.15, 0.2) is 0 Å². The third-order valence-corrected chi connectivity index (χ3v) is 16.2. The average molecular weight is 688 g/mol. The van der Waals surface area contributed by atoms with Crippen LogP contribution in [0.3, 0.4) is 0 Å². The van der Waals surface area contributed by atoms with E-state index in [1.807, 2.05) is 0 Å². The van der Waals surface area contributed by atoms with Gasteiger partial charge in [-0.3, -0.25) is 9.69 Å². The number of hydrogen-bond donors (Lipinski definition) is 2. The highest BCUT2D eigenvalue weighted by molar-refractivity contribution is 5.66. The summed E-state index contributed by atoms with van der Waals surface area (Å²) in [4.78, 5) is 14.6. The molecule has 2 aliphatic heterocycles. The molecule has 5 aliphatic carbocycles. The van der Waals surface area contributed by atoms with E-state index >= 15 is 0 Å². The molecule has 280 valence electrons. The molecule has 7 fully saturated rings. The zero-order valence-electron chi connectivity index (χ0n) is 32.6. The Bertz CT molecular complexity index is 1290. The van der Waals surface area contributed by atoms with Crippen molar-refractivity contribution < 1.29 is 34.0 Å². The molecule has 2 spiro atoms. The summed E-state index contributed by atoms with van der Waals surface area (Å²) in [6, 6.07) is 0. The van der Waals surface area contributed by atoms with Crippen molar-refractivity contribution in [2.24, 2.45) is 56.2 Å². The van der Waals surface area contributed by atoms with Gasteiger partial charge in [-0.2, -0.15) is 0 Å². The standard InChI is InChI=1S/C41H69NO7/c1-24-20-26(34(37(8,9)45)47-25(2)43)48-32-31(24)38(10)16-17-41-22-40(41)15-14-29(49-30-21-42(18-19-46-30)23-35(3,4)5)36(6,7)27(40)12-13-28(41)39(38,11)33(32)44/h24,26-34,44-45H,12-23H2,1-11H3. The second kappa shape index (κ2) is 11.6. The number of carbonyl (C=O) groups is 1. The number of morpholine rings is 1. The highest BCUT2D eigenvalue weighted by Gasteiger charge is 2.84. The molecule has 0 aromatic rings. The Labute approximate surface area is 296 Å². The van der Waals surface area contributed by atoms with Gasteiger partial charge in [-0.05, 0) is 116 Å². The van der Waals surface area contributed by atoms with Gasteiger partial charge in [0.15, 0.2) is 12.4 Å². The fourth-order valence-electron chi connectivity index (χ4n) is 14.4. The molecule has 2 saturated heterocycles. The molecule has 2 heterocycles. The maximum Gasteiger partial charge on any atom is 0.303 e. The molecule has 0 aromatic carbocycles. The molecule has 0 amide bonds. The summed E-state index contributed by atoms with van der Waals surface area (Å²) in [5, 5.41) is 23.6. The van der Waals surface area contributed by atoms with E-state index in [9.17, 15) is 15.0 Å². The molecule has 8 heteroatoms. The highest BCUT2D eigenvalue weighted by atomic mass is 16.7. The number of fused-ring (bicyclic) bond motifs is 4. The molecule has 49 heavy (non-hydrogen) atoms. The van der Waals surface area contributed by atoms with Gasteiger partial charge < -0.3 is 29.2 Å². The van der Waals surface area contributed by atoms with E-state index in [2.05, 4.69) is 60.3 Å². The van der Waals surface area contributed by atoms with Gasteiger partial charge >= 0.3 is 5.97 Å². The maximum absolute atomic E-state index is 12.6. The Balaban J connectivity index is 1.11. The first kappa shape index (κ1) is 36.6. The lowest BCUT2D eigenvalue weighted by atomic mass is 9.41. The molecular weight excluding hydrogens is 618 g/mol. The van der Waals surface area contributed by atoms with E-state index in [4.69, 9.17) is 18.9 Å². The second-order valence-corrected chi connectivity index (χ2v) is 21.0. The molecule has 5 saturated carbocycles. The molecule has 8 nitrogen and oxygen atoms in total. The van der Waals surface area contributed by atoms with Crippen molar-refractivity contribution in [3.8, 4) is 0 Å². The van der Waals surface area contributed by atoms with Crippen LogP contribution in [0.5, 0.6) is 0 Å². The summed E-state index contributed by atoms with van der Waals surface area (Å²) in [7, 11) is 0. The monoisotopic (exact) mass is 688 g/mol. The Kier molecular flexibility index (Phi) is 8.67. The maximum atomic E-state index is 12.6. The lowest BCUT2D eigenvalue weighted by Crippen LogP contribution is -2.60. The molecule has 14 atom stereocenters. The molecule has 0 aromatic heterocycles. The normalized spacial score (nSPS) is 49.9. The second-order valence-electron chi connectivity index (χ2n) is 21.0. The average Bonchev–Trinajstić information content (AvgIpc) is 3.61. The van der Waals surface area contributed by atoms with Gasteiger partial charge in [0.1, 0.15) is 0 Å².